The van der Waals surface area contributed by atoms with Gasteiger partial charge in [0.15, 0.2) is 0 Å². The number of alkyl halides is 3. The van der Waals surface area contributed by atoms with Gasteiger partial charge in [-0.1, -0.05) is 12.1 Å². The molecule has 0 bridgehead atoms. The molecule has 0 saturated carbocycles. The minimum atomic E-state index is -4.40. The molecule has 1 saturated heterocycles. The quantitative estimate of drug-likeness (QED) is 0.535. The topological polar surface area (TPSA) is 38.1 Å². The van der Waals surface area contributed by atoms with Gasteiger partial charge in [0, 0.05) is 24.9 Å². The molecule has 2 heterocycles. The molecule has 0 aliphatic carbocycles. The molecule has 9 heteroatoms. The molecule has 0 unspecified atom stereocenters. The Labute approximate surface area is 174 Å². The first-order valence-electron chi connectivity index (χ1n) is 9.14. The molecule has 1 aliphatic heterocycles. The first kappa shape index (κ1) is 20.5. The minimum Gasteiger partial charge on any atom is -0.320 e. The van der Waals surface area contributed by atoms with E-state index in [1.54, 1.807) is 30.1 Å². The van der Waals surface area contributed by atoms with E-state index in [0.29, 0.717) is 34.8 Å². The number of aromatic nitrogens is 2. The Hall–Kier alpha value is -2.81. The number of hydrogen-bond donors (Lipinski definition) is 0. The summed E-state index contributed by atoms with van der Waals surface area (Å²) in [5.74, 6) is 0.0628. The van der Waals surface area contributed by atoms with Gasteiger partial charge in [0.25, 0.3) is 5.91 Å². The van der Waals surface area contributed by atoms with E-state index >= 15 is 0 Å². The molecule has 3 aromatic rings. The van der Waals surface area contributed by atoms with Gasteiger partial charge in [-0.25, -0.2) is 4.39 Å². The molecule has 30 heavy (non-hydrogen) atoms. The zero-order valence-electron chi connectivity index (χ0n) is 15.9. The first-order valence-corrected chi connectivity index (χ1v) is 10.2. The SMILES string of the molecule is Cn1nc(-c2ccc(F)cc2)cc1C(=O)N1CCS[C@H]1c1ccc(C(F)(F)F)cc1. The lowest BCUT2D eigenvalue weighted by molar-refractivity contribution is -0.137. The summed E-state index contributed by atoms with van der Waals surface area (Å²) in [7, 11) is 1.65. The highest BCUT2D eigenvalue weighted by Crippen LogP contribution is 2.40. The Balaban J connectivity index is 1.59. The molecule has 0 N–H and O–H groups in total. The van der Waals surface area contributed by atoms with Crippen LogP contribution in [-0.2, 0) is 13.2 Å². The molecule has 2 aromatic carbocycles. The number of benzene rings is 2. The predicted octanol–water partition coefficient (Wildman–Crippen LogP) is 5.13. The third kappa shape index (κ3) is 3.94. The van der Waals surface area contributed by atoms with E-state index in [1.165, 1.54) is 40.7 Å². The van der Waals surface area contributed by atoms with E-state index in [-0.39, 0.29) is 17.1 Å². The lowest BCUT2D eigenvalue weighted by atomic mass is 10.1. The van der Waals surface area contributed by atoms with E-state index in [1.807, 2.05) is 0 Å². The number of rotatable bonds is 3. The fourth-order valence-electron chi connectivity index (χ4n) is 3.37. The number of carbonyl (C=O) groups is 1. The number of amides is 1. The highest BCUT2D eigenvalue weighted by atomic mass is 32.2. The Kier molecular flexibility index (Phi) is 5.31. The minimum absolute atomic E-state index is 0.256. The Morgan fingerprint density at radius 2 is 1.77 bits per heavy atom. The normalized spacial score (nSPS) is 16.8. The second-order valence-electron chi connectivity index (χ2n) is 6.89. The summed E-state index contributed by atoms with van der Waals surface area (Å²) in [6, 6.07) is 12.4. The van der Waals surface area contributed by atoms with Crippen molar-refractivity contribution >= 4 is 17.7 Å². The van der Waals surface area contributed by atoms with Gasteiger partial charge in [-0.05, 0) is 48.0 Å². The smallest absolute Gasteiger partial charge is 0.320 e. The third-order valence-corrected chi connectivity index (χ3v) is 6.17. The molecular formula is C21H17F4N3OS. The molecule has 0 spiro atoms. The van der Waals surface area contributed by atoms with Gasteiger partial charge in [0.2, 0.25) is 0 Å². The summed E-state index contributed by atoms with van der Waals surface area (Å²) in [6.45, 7) is 0.478. The predicted molar refractivity (Wildman–Crippen MR) is 106 cm³/mol. The van der Waals surface area contributed by atoms with Crippen LogP contribution in [0.2, 0.25) is 0 Å². The van der Waals surface area contributed by atoms with Crippen LogP contribution in [0.3, 0.4) is 0 Å². The summed E-state index contributed by atoms with van der Waals surface area (Å²) < 4.78 is 53.1. The number of nitrogens with zero attached hydrogens (tertiary/aromatic N) is 3. The van der Waals surface area contributed by atoms with Crippen LogP contribution in [0.25, 0.3) is 11.3 Å². The van der Waals surface area contributed by atoms with E-state index in [9.17, 15) is 22.4 Å². The molecule has 0 radical (unpaired) electrons. The number of thioether (sulfide) groups is 1. The van der Waals surface area contributed by atoms with Crippen LogP contribution in [0, 0.1) is 5.82 Å². The van der Waals surface area contributed by atoms with Gasteiger partial charge in [-0.15, -0.1) is 11.8 Å². The zero-order chi connectivity index (χ0) is 21.5. The van der Waals surface area contributed by atoms with Gasteiger partial charge in [-0.3, -0.25) is 9.48 Å². The lowest BCUT2D eigenvalue weighted by Crippen LogP contribution is -2.31. The lowest BCUT2D eigenvalue weighted by Gasteiger charge is -2.24. The third-order valence-electron chi connectivity index (χ3n) is 4.91. The van der Waals surface area contributed by atoms with Crippen molar-refractivity contribution in [2.45, 2.75) is 11.6 Å². The zero-order valence-corrected chi connectivity index (χ0v) is 16.7. The van der Waals surface area contributed by atoms with Gasteiger partial charge in [-0.2, -0.15) is 18.3 Å². The number of carbonyl (C=O) groups excluding carboxylic acids is 1. The van der Waals surface area contributed by atoms with Crippen LogP contribution in [0.5, 0.6) is 0 Å². The van der Waals surface area contributed by atoms with Gasteiger partial charge in [0.05, 0.1) is 11.3 Å². The number of halogens is 4. The van der Waals surface area contributed by atoms with Crippen molar-refractivity contribution in [1.29, 1.82) is 0 Å². The molecule has 156 valence electrons. The van der Waals surface area contributed by atoms with Crippen molar-refractivity contribution < 1.29 is 22.4 Å². The standard InChI is InChI=1S/C21H17F4N3OS/c1-27-18(12-17(26-27)13-4-8-16(22)9-5-13)19(29)28-10-11-30-20(28)14-2-6-15(7-3-14)21(23,24)25/h2-9,12,20H,10-11H2,1H3/t20-/m0/s1. The van der Waals surface area contributed by atoms with Crippen LogP contribution < -0.4 is 0 Å². The Morgan fingerprint density at radius 3 is 2.40 bits per heavy atom. The van der Waals surface area contributed by atoms with Crippen LogP contribution >= 0.6 is 11.8 Å². The first-order chi connectivity index (χ1) is 14.2. The average molecular weight is 435 g/mol. The van der Waals surface area contributed by atoms with Gasteiger partial charge >= 0.3 is 6.18 Å². The van der Waals surface area contributed by atoms with E-state index in [4.69, 9.17) is 0 Å². The number of aryl methyl sites for hydroxylation is 1. The van der Waals surface area contributed by atoms with Crippen LogP contribution in [-0.4, -0.2) is 32.9 Å². The number of hydrogen-bond acceptors (Lipinski definition) is 3. The van der Waals surface area contributed by atoms with Crippen molar-refractivity contribution in [3.63, 3.8) is 0 Å². The monoisotopic (exact) mass is 435 g/mol. The van der Waals surface area contributed by atoms with E-state index < -0.39 is 11.7 Å². The van der Waals surface area contributed by atoms with Crippen LogP contribution in [0.1, 0.15) is 27.0 Å². The summed E-state index contributed by atoms with van der Waals surface area (Å²) >= 11 is 1.50. The molecule has 4 nitrogen and oxygen atoms in total. The highest BCUT2D eigenvalue weighted by molar-refractivity contribution is 7.99. The molecule has 1 aliphatic rings. The van der Waals surface area contributed by atoms with Crippen molar-refractivity contribution in [2.24, 2.45) is 7.05 Å². The molecule has 1 amide bonds. The van der Waals surface area contributed by atoms with Crippen molar-refractivity contribution in [3.05, 3.63) is 77.2 Å². The molecule has 1 fully saturated rings. The van der Waals surface area contributed by atoms with Gasteiger partial charge in [0.1, 0.15) is 16.9 Å². The average Bonchev–Trinajstić information content (AvgIpc) is 3.34. The maximum atomic E-state index is 13.2. The molecule has 1 aromatic heterocycles. The fraction of sp³-hybridized carbons (Fsp3) is 0.238. The summed E-state index contributed by atoms with van der Waals surface area (Å²) in [5, 5.41) is 3.98. The fourth-order valence-corrected chi connectivity index (χ4v) is 4.62. The maximum absolute atomic E-state index is 13.2. The second kappa shape index (κ2) is 7.79. The summed E-state index contributed by atoms with van der Waals surface area (Å²) in [4.78, 5) is 14.8. The molecule has 4 rings (SSSR count). The van der Waals surface area contributed by atoms with E-state index in [0.717, 1.165) is 12.1 Å². The highest BCUT2D eigenvalue weighted by Gasteiger charge is 2.34. The Morgan fingerprint density at radius 1 is 1.10 bits per heavy atom. The Bertz CT molecular complexity index is 1060. The van der Waals surface area contributed by atoms with Crippen molar-refractivity contribution in [3.8, 4) is 11.3 Å². The maximum Gasteiger partial charge on any atom is 0.416 e. The van der Waals surface area contributed by atoms with E-state index in [2.05, 4.69) is 5.10 Å². The molecule has 1 atom stereocenters. The van der Waals surface area contributed by atoms with Gasteiger partial charge < -0.3 is 4.90 Å². The van der Waals surface area contributed by atoms with Crippen LogP contribution in [0.15, 0.2) is 54.6 Å². The second-order valence-corrected chi connectivity index (χ2v) is 8.07. The van der Waals surface area contributed by atoms with Crippen LogP contribution in [0.4, 0.5) is 17.6 Å². The van der Waals surface area contributed by atoms with Crippen molar-refractivity contribution in [2.75, 3.05) is 12.3 Å². The van der Waals surface area contributed by atoms with Crippen molar-refractivity contribution in [1.82, 2.24) is 14.7 Å². The summed E-state index contributed by atoms with van der Waals surface area (Å²) in [6.07, 6.45) is -4.40. The summed E-state index contributed by atoms with van der Waals surface area (Å²) in [5.41, 5.74) is 1.50. The largest absolute Gasteiger partial charge is 0.416 e. The molecular weight excluding hydrogens is 418 g/mol.